The number of benzene rings is 1. The molecular formula is C22H28ClN3O3. The van der Waals surface area contributed by atoms with E-state index >= 15 is 0 Å². The normalized spacial score (nSPS) is 16.4. The van der Waals surface area contributed by atoms with Crippen LogP contribution in [-0.4, -0.2) is 33.1 Å². The van der Waals surface area contributed by atoms with Gasteiger partial charge < -0.3 is 14.6 Å². The second kappa shape index (κ2) is 8.57. The van der Waals surface area contributed by atoms with Crippen LogP contribution in [0, 0.1) is 0 Å². The molecule has 1 aromatic heterocycles. The van der Waals surface area contributed by atoms with Gasteiger partial charge in [-0.1, -0.05) is 31.4 Å². The van der Waals surface area contributed by atoms with E-state index < -0.39 is 11.7 Å². The maximum atomic E-state index is 12.9. The number of aromatic nitrogens is 2. The van der Waals surface area contributed by atoms with Crippen molar-refractivity contribution in [3.63, 3.8) is 0 Å². The van der Waals surface area contributed by atoms with E-state index in [1.54, 1.807) is 17.0 Å². The van der Waals surface area contributed by atoms with Crippen LogP contribution in [0.1, 0.15) is 64.1 Å². The van der Waals surface area contributed by atoms with Crippen LogP contribution < -0.4 is 5.56 Å². The van der Waals surface area contributed by atoms with Crippen LogP contribution in [0.2, 0.25) is 5.02 Å². The Hall–Kier alpha value is -2.34. The van der Waals surface area contributed by atoms with Gasteiger partial charge >= 0.3 is 6.09 Å². The number of ether oxygens (including phenoxy) is 1. The van der Waals surface area contributed by atoms with E-state index in [1.165, 1.54) is 0 Å². The van der Waals surface area contributed by atoms with Crippen LogP contribution in [0.3, 0.4) is 0 Å². The first-order valence-electron chi connectivity index (χ1n) is 10.0. The molecule has 2 aromatic rings. The summed E-state index contributed by atoms with van der Waals surface area (Å²) in [5.74, 6) is 0.525. The largest absolute Gasteiger partial charge is 0.444 e. The third-order valence-corrected chi connectivity index (χ3v) is 5.15. The smallest absolute Gasteiger partial charge is 0.410 e. The summed E-state index contributed by atoms with van der Waals surface area (Å²) >= 11 is 5.98. The molecule has 0 spiro atoms. The zero-order valence-electron chi connectivity index (χ0n) is 17.4. The van der Waals surface area contributed by atoms with E-state index in [-0.39, 0.29) is 18.0 Å². The maximum Gasteiger partial charge on any atom is 0.410 e. The molecule has 1 amide bonds. The molecule has 1 aliphatic heterocycles. The molecule has 0 fully saturated rings. The molecule has 156 valence electrons. The second-order valence-electron chi connectivity index (χ2n) is 8.49. The minimum Gasteiger partial charge on any atom is -0.444 e. The van der Waals surface area contributed by atoms with Crippen LogP contribution in [-0.2, 0) is 11.3 Å². The molecule has 0 saturated heterocycles. The van der Waals surface area contributed by atoms with Crippen LogP contribution >= 0.6 is 11.6 Å². The molecular weight excluding hydrogens is 390 g/mol. The lowest BCUT2D eigenvalue weighted by Crippen LogP contribution is -2.44. The van der Waals surface area contributed by atoms with Crippen molar-refractivity contribution in [1.29, 1.82) is 0 Å². The molecule has 1 N–H and O–H groups in total. The molecule has 1 aliphatic rings. The van der Waals surface area contributed by atoms with E-state index in [0.29, 0.717) is 23.0 Å². The van der Waals surface area contributed by atoms with Crippen molar-refractivity contribution >= 4 is 17.7 Å². The topological polar surface area (TPSA) is 75.3 Å². The Balaban J connectivity index is 1.98. The van der Waals surface area contributed by atoms with Gasteiger partial charge in [0.15, 0.2) is 0 Å². The van der Waals surface area contributed by atoms with Gasteiger partial charge in [-0.15, -0.1) is 0 Å². The van der Waals surface area contributed by atoms with Crippen molar-refractivity contribution in [2.24, 2.45) is 0 Å². The number of amides is 1. The number of rotatable bonds is 4. The number of hydrogen-bond acceptors (Lipinski definition) is 4. The summed E-state index contributed by atoms with van der Waals surface area (Å²) in [5, 5.41) is 0.628. The number of nitrogens with zero attached hydrogens (tertiary/aromatic N) is 2. The lowest BCUT2D eigenvalue weighted by atomic mass is 9.91. The first kappa shape index (κ1) is 21.4. The van der Waals surface area contributed by atoms with Crippen molar-refractivity contribution < 1.29 is 9.53 Å². The van der Waals surface area contributed by atoms with Gasteiger partial charge in [-0.05, 0) is 51.5 Å². The Morgan fingerprint density at radius 2 is 2.00 bits per heavy atom. The van der Waals surface area contributed by atoms with Crippen LogP contribution in [0.4, 0.5) is 4.79 Å². The fourth-order valence-electron chi connectivity index (χ4n) is 3.50. The maximum absolute atomic E-state index is 12.9. The molecule has 0 aliphatic carbocycles. The predicted octanol–water partition coefficient (Wildman–Crippen LogP) is 5.11. The Bertz CT molecular complexity index is 932. The average Bonchev–Trinajstić information content (AvgIpc) is 2.65. The Labute approximate surface area is 176 Å². The van der Waals surface area contributed by atoms with E-state index in [2.05, 4.69) is 11.9 Å². The first-order valence-corrected chi connectivity index (χ1v) is 10.4. The van der Waals surface area contributed by atoms with E-state index in [0.717, 1.165) is 30.5 Å². The average molecular weight is 418 g/mol. The zero-order chi connectivity index (χ0) is 21.2. The molecule has 0 saturated carbocycles. The number of carbonyl (C=O) groups is 1. The second-order valence-corrected chi connectivity index (χ2v) is 8.92. The number of hydrogen-bond donors (Lipinski definition) is 1. The van der Waals surface area contributed by atoms with Crippen molar-refractivity contribution in [3.8, 4) is 11.4 Å². The Morgan fingerprint density at radius 3 is 2.62 bits per heavy atom. The minimum absolute atomic E-state index is 0.000399. The summed E-state index contributed by atoms with van der Waals surface area (Å²) in [5.41, 5.74) is 1.33. The number of H-pyrrole nitrogens is 1. The fourth-order valence-corrected chi connectivity index (χ4v) is 3.63. The number of unbranched alkanes of at least 4 members (excludes halogenated alkanes) is 1. The van der Waals surface area contributed by atoms with Crippen molar-refractivity contribution in [2.75, 3.05) is 6.54 Å². The predicted molar refractivity (Wildman–Crippen MR) is 114 cm³/mol. The number of aromatic amines is 1. The highest BCUT2D eigenvalue weighted by molar-refractivity contribution is 6.30. The number of fused-ring (bicyclic) bond motifs is 1. The third kappa shape index (κ3) is 5.18. The number of carbonyl (C=O) groups excluding carboxylic acids is 1. The van der Waals surface area contributed by atoms with Gasteiger partial charge in [0.1, 0.15) is 11.4 Å². The molecule has 1 aromatic carbocycles. The van der Waals surface area contributed by atoms with E-state index in [1.807, 2.05) is 32.9 Å². The molecule has 0 radical (unpaired) electrons. The number of halogens is 1. The van der Waals surface area contributed by atoms with Gasteiger partial charge in [0.2, 0.25) is 0 Å². The standard InChI is InChI=1S/C22H28ClN3O3/c1-5-6-7-15-12-26(21(28)29-22(2,3)4)13-17-18(15)24-19(25-20(17)27)14-8-10-16(23)11-9-14/h8-11,15H,5-7,12-13H2,1-4H3,(H,24,25,27). The van der Waals surface area contributed by atoms with Gasteiger partial charge in [-0.2, -0.15) is 0 Å². The zero-order valence-corrected chi connectivity index (χ0v) is 18.2. The molecule has 3 rings (SSSR count). The van der Waals surface area contributed by atoms with Crippen LogP contribution in [0.25, 0.3) is 11.4 Å². The summed E-state index contributed by atoms with van der Waals surface area (Å²) in [7, 11) is 0. The highest BCUT2D eigenvalue weighted by atomic mass is 35.5. The summed E-state index contributed by atoms with van der Waals surface area (Å²) < 4.78 is 5.53. The third-order valence-electron chi connectivity index (χ3n) is 4.90. The van der Waals surface area contributed by atoms with Gasteiger partial charge in [0, 0.05) is 23.0 Å². The van der Waals surface area contributed by atoms with Crippen LogP contribution in [0.15, 0.2) is 29.1 Å². The molecule has 1 atom stereocenters. The summed E-state index contributed by atoms with van der Waals surface area (Å²) in [4.78, 5) is 34.8. The lowest BCUT2D eigenvalue weighted by Gasteiger charge is -2.34. The van der Waals surface area contributed by atoms with Crippen molar-refractivity contribution in [2.45, 2.75) is 65.0 Å². The van der Waals surface area contributed by atoms with Crippen molar-refractivity contribution in [1.82, 2.24) is 14.9 Å². The lowest BCUT2D eigenvalue weighted by molar-refractivity contribution is 0.0200. The summed E-state index contributed by atoms with van der Waals surface area (Å²) in [6, 6.07) is 7.22. The van der Waals surface area contributed by atoms with Gasteiger partial charge in [0.25, 0.3) is 5.56 Å². The molecule has 0 bridgehead atoms. The summed E-state index contributed by atoms with van der Waals surface area (Å²) in [6.45, 7) is 8.34. The molecule has 29 heavy (non-hydrogen) atoms. The van der Waals surface area contributed by atoms with Gasteiger partial charge in [-0.25, -0.2) is 9.78 Å². The molecule has 2 heterocycles. The molecule has 6 nitrogen and oxygen atoms in total. The molecule has 7 heteroatoms. The number of nitrogens with one attached hydrogen (secondary N) is 1. The Kier molecular flexibility index (Phi) is 6.32. The van der Waals surface area contributed by atoms with Crippen molar-refractivity contribution in [3.05, 3.63) is 50.9 Å². The summed E-state index contributed by atoms with van der Waals surface area (Å²) in [6.07, 6.45) is 2.49. The highest BCUT2D eigenvalue weighted by Gasteiger charge is 2.33. The quantitative estimate of drug-likeness (QED) is 0.749. The molecule has 1 unspecified atom stereocenters. The van der Waals surface area contributed by atoms with E-state index in [4.69, 9.17) is 21.3 Å². The highest BCUT2D eigenvalue weighted by Crippen LogP contribution is 2.31. The SMILES string of the molecule is CCCCC1CN(C(=O)OC(C)(C)C)Cc2c1nc(-c1ccc(Cl)cc1)[nH]c2=O. The fraction of sp³-hybridized carbons (Fsp3) is 0.500. The minimum atomic E-state index is -0.584. The van der Waals surface area contributed by atoms with Gasteiger partial charge in [-0.3, -0.25) is 4.79 Å². The van der Waals surface area contributed by atoms with Crippen LogP contribution in [0.5, 0.6) is 0 Å². The first-order chi connectivity index (χ1) is 13.7. The van der Waals surface area contributed by atoms with Gasteiger partial charge in [0.05, 0.1) is 17.8 Å². The Morgan fingerprint density at radius 1 is 1.31 bits per heavy atom. The van der Waals surface area contributed by atoms with E-state index in [9.17, 15) is 9.59 Å². The monoisotopic (exact) mass is 417 g/mol.